The molecule has 1 fully saturated rings. The van der Waals surface area contributed by atoms with Gasteiger partial charge in [-0.2, -0.15) is 0 Å². The van der Waals surface area contributed by atoms with E-state index in [0.717, 1.165) is 11.6 Å². The predicted molar refractivity (Wildman–Crippen MR) is 59.4 cm³/mol. The van der Waals surface area contributed by atoms with Gasteiger partial charge in [-0.3, -0.25) is 0 Å². The Kier molecular flexibility index (Phi) is 1.84. The van der Waals surface area contributed by atoms with E-state index in [1.54, 1.807) is 12.1 Å². The number of anilines is 1. The first-order valence-corrected chi connectivity index (χ1v) is 5.35. The lowest BCUT2D eigenvalue weighted by Crippen LogP contribution is -2.37. The zero-order valence-corrected chi connectivity index (χ0v) is 8.43. The normalized spacial score (nSPS) is 24.3. The molecule has 0 amide bonds. The number of phenolic OH excluding ortho intramolecular Hbond substituents is 1. The van der Waals surface area contributed by atoms with Crippen LogP contribution < -0.4 is 10.2 Å². The molecule has 1 aromatic carbocycles. The third-order valence-electron chi connectivity index (χ3n) is 3.02. The van der Waals surface area contributed by atoms with Gasteiger partial charge in [-0.1, -0.05) is 0 Å². The van der Waals surface area contributed by atoms with Crippen molar-refractivity contribution in [3.05, 3.63) is 36.7 Å². The maximum Gasteiger partial charge on any atom is 0.115 e. The second kappa shape index (κ2) is 3.19. The van der Waals surface area contributed by atoms with Gasteiger partial charge in [0.1, 0.15) is 11.9 Å². The van der Waals surface area contributed by atoms with Crippen LogP contribution >= 0.6 is 0 Å². The summed E-state index contributed by atoms with van der Waals surface area (Å²) in [6.07, 6.45) is 7.10. The highest BCUT2D eigenvalue weighted by Gasteiger charge is 2.36. The van der Waals surface area contributed by atoms with Crippen molar-refractivity contribution in [3.63, 3.8) is 0 Å². The quantitative estimate of drug-likeness (QED) is 0.770. The average Bonchev–Trinajstić information content (AvgIpc) is 2.98. The minimum atomic E-state index is 0.317. The molecule has 2 N–H and O–H groups in total. The Morgan fingerprint density at radius 2 is 1.93 bits per heavy atom. The van der Waals surface area contributed by atoms with E-state index < -0.39 is 0 Å². The van der Waals surface area contributed by atoms with E-state index >= 15 is 0 Å². The van der Waals surface area contributed by atoms with Crippen LogP contribution in [0.3, 0.4) is 0 Å². The molecule has 15 heavy (non-hydrogen) atoms. The van der Waals surface area contributed by atoms with Gasteiger partial charge < -0.3 is 15.3 Å². The van der Waals surface area contributed by atoms with Crippen LogP contribution in [0.2, 0.25) is 0 Å². The van der Waals surface area contributed by atoms with Crippen LogP contribution in [0.5, 0.6) is 5.75 Å². The summed E-state index contributed by atoms with van der Waals surface area (Å²) in [5.41, 5.74) is 1.13. The second-order valence-electron chi connectivity index (χ2n) is 4.19. The van der Waals surface area contributed by atoms with Crippen molar-refractivity contribution in [2.24, 2.45) is 5.92 Å². The molecule has 3 rings (SSSR count). The number of nitrogens with one attached hydrogen (secondary N) is 1. The molecule has 1 atom stereocenters. The lowest BCUT2D eigenvalue weighted by molar-refractivity contribution is 0.475. The topological polar surface area (TPSA) is 35.5 Å². The van der Waals surface area contributed by atoms with Crippen molar-refractivity contribution >= 4 is 5.69 Å². The van der Waals surface area contributed by atoms with Crippen molar-refractivity contribution in [2.45, 2.75) is 19.0 Å². The van der Waals surface area contributed by atoms with Gasteiger partial charge >= 0.3 is 0 Å². The standard InChI is InChI=1S/C12H14N2O/c15-11-5-3-10(4-6-11)14-8-7-13-12(14)9-1-2-9/h3-9,12-13,15H,1-2H2. The highest BCUT2D eigenvalue weighted by atomic mass is 16.3. The van der Waals surface area contributed by atoms with Crippen LogP contribution in [0, 0.1) is 5.92 Å². The largest absolute Gasteiger partial charge is 0.508 e. The maximum absolute atomic E-state index is 9.23. The molecule has 0 saturated heterocycles. The molecule has 2 aliphatic rings. The van der Waals surface area contributed by atoms with Crippen molar-refractivity contribution in [3.8, 4) is 5.75 Å². The number of benzene rings is 1. The van der Waals surface area contributed by atoms with Gasteiger partial charge in [-0.05, 0) is 43.0 Å². The van der Waals surface area contributed by atoms with E-state index in [1.165, 1.54) is 12.8 Å². The number of hydrogen-bond acceptors (Lipinski definition) is 3. The zero-order valence-electron chi connectivity index (χ0n) is 8.43. The van der Waals surface area contributed by atoms with Gasteiger partial charge in [-0.25, -0.2) is 0 Å². The van der Waals surface area contributed by atoms with Crippen LogP contribution in [-0.4, -0.2) is 11.3 Å². The highest BCUT2D eigenvalue weighted by Crippen LogP contribution is 2.37. The maximum atomic E-state index is 9.23. The molecule has 3 heteroatoms. The molecule has 0 spiro atoms. The van der Waals surface area contributed by atoms with Gasteiger partial charge in [-0.15, -0.1) is 0 Å². The molecule has 0 radical (unpaired) electrons. The molecule has 1 aliphatic carbocycles. The van der Waals surface area contributed by atoms with Gasteiger partial charge in [0.15, 0.2) is 0 Å². The molecule has 78 valence electrons. The van der Waals surface area contributed by atoms with Gasteiger partial charge in [0, 0.05) is 18.1 Å². The summed E-state index contributed by atoms with van der Waals surface area (Å²) in [6.45, 7) is 0. The summed E-state index contributed by atoms with van der Waals surface area (Å²) in [4.78, 5) is 2.23. The number of rotatable bonds is 2. The molecule has 1 heterocycles. The molecule has 1 aromatic rings. The van der Waals surface area contributed by atoms with Crippen LogP contribution in [0.4, 0.5) is 5.69 Å². The summed E-state index contributed by atoms with van der Waals surface area (Å²) < 4.78 is 0. The minimum absolute atomic E-state index is 0.317. The molecule has 3 nitrogen and oxygen atoms in total. The average molecular weight is 202 g/mol. The Balaban J connectivity index is 1.85. The Morgan fingerprint density at radius 3 is 2.60 bits per heavy atom. The van der Waals surface area contributed by atoms with E-state index in [0.29, 0.717) is 11.9 Å². The number of phenols is 1. The summed E-state index contributed by atoms with van der Waals surface area (Å²) in [7, 11) is 0. The molecule has 0 aromatic heterocycles. The van der Waals surface area contributed by atoms with E-state index in [9.17, 15) is 5.11 Å². The summed E-state index contributed by atoms with van der Waals surface area (Å²) in [5.74, 6) is 1.09. The number of nitrogens with zero attached hydrogens (tertiary/aromatic N) is 1. The molecular weight excluding hydrogens is 188 g/mol. The van der Waals surface area contributed by atoms with Crippen LogP contribution in [0.1, 0.15) is 12.8 Å². The van der Waals surface area contributed by atoms with Crippen LogP contribution in [0.25, 0.3) is 0 Å². The fourth-order valence-corrected chi connectivity index (χ4v) is 2.04. The lowest BCUT2D eigenvalue weighted by Gasteiger charge is -2.25. The number of aromatic hydroxyl groups is 1. The third-order valence-corrected chi connectivity index (χ3v) is 3.02. The first kappa shape index (κ1) is 8.65. The van der Waals surface area contributed by atoms with Gasteiger partial charge in [0.2, 0.25) is 0 Å². The first-order valence-electron chi connectivity index (χ1n) is 5.35. The SMILES string of the molecule is Oc1ccc(N2C=CNC2C2CC2)cc1. The van der Waals surface area contributed by atoms with Crippen LogP contribution in [-0.2, 0) is 0 Å². The van der Waals surface area contributed by atoms with Crippen LogP contribution in [0.15, 0.2) is 36.7 Å². The number of hydrogen-bond donors (Lipinski definition) is 2. The minimum Gasteiger partial charge on any atom is -0.508 e. The smallest absolute Gasteiger partial charge is 0.115 e. The fraction of sp³-hybridized carbons (Fsp3) is 0.333. The summed E-state index contributed by atoms with van der Waals surface area (Å²) >= 11 is 0. The lowest BCUT2D eigenvalue weighted by atomic mass is 10.2. The van der Waals surface area contributed by atoms with Crippen molar-refractivity contribution in [1.82, 2.24) is 5.32 Å². The Bertz CT molecular complexity index is 381. The summed E-state index contributed by atoms with van der Waals surface area (Å²) in [5, 5.41) is 12.6. The third kappa shape index (κ3) is 1.54. The zero-order chi connectivity index (χ0) is 10.3. The predicted octanol–water partition coefficient (Wildman–Crippen LogP) is 2.01. The van der Waals surface area contributed by atoms with Crippen molar-refractivity contribution in [1.29, 1.82) is 0 Å². The van der Waals surface area contributed by atoms with E-state index in [4.69, 9.17) is 0 Å². The van der Waals surface area contributed by atoms with E-state index in [2.05, 4.69) is 16.4 Å². The van der Waals surface area contributed by atoms with E-state index in [-0.39, 0.29) is 0 Å². The molecule has 1 aliphatic heterocycles. The molecule has 1 saturated carbocycles. The monoisotopic (exact) mass is 202 g/mol. The first-order chi connectivity index (χ1) is 7.34. The van der Waals surface area contributed by atoms with Crippen molar-refractivity contribution in [2.75, 3.05) is 4.90 Å². The molecular formula is C12H14N2O. The summed E-state index contributed by atoms with van der Waals surface area (Å²) in [6, 6.07) is 7.35. The van der Waals surface area contributed by atoms with Gasteiger partial charge in [0.05, 0.1) is 0 Å². The van der Waals surface area contributed by atoms with E-state index in [1.807, 2.05) is 18.3 Å². The Morgan fingerprint density at radius 1 is 1.20 bits per heavy atom. The fourth-order valence-electron chi connectivity index (χ4n) is 2.04. The Hall–Kier alpha value is -1.64. The van der Waals surface area contributed by atoms with Crippen molar-refractivity contribution < 1.29 is 5.11 Å². The Labute approximate surface area is 89.0 Å². The second-order valence-corrected chi connectivity index (χ2v) is 4.19. The molecule has 1 unspecified atom stereocenters. The van der Waals surface area contributed by atoms with Gasteiger partial charge in [0.25, 0.3) is 0 Å². The molecule has 0 bridgehead atoms. The highest BCUT2D eigenvalue weighted by molar-refractivity contribution is 5.53.